The fourth-order valence-electron chi connectivity index (χ4n) is 1.47. The van der Waals surface area contributed by atoms with E-state index in [2.05, 4.69) is 0 Å². The summed E-state index contributed by atoms with van der Waals surface area (Å²) in [6.07, 6.45) is 0.703. The lowest BCUT2D eigenvalue weighted by Crippen LogP contribution is -2.41. The highest BCUT2D eigenvalue weighted by atomic mass is 32.2. The second-order valence-corrected chi connectivity index (χ2v) is 6.59. The van der Waals surface area contributed by atoms with Crippen LogP contribution in [-0.2, 0) is 14.8 Å². The third-order valence-corrected chi connectivity index (χ3v) is 4.82. The molecule has 0 radical (unpaired) electrons. The van der Waals surface area contributed by atoms with E-state index >= 15 is 0 Å². The van der Waals surface area contributed by atoms with Gasteiger partial charge in [-0.05, 0) is 20.3 Å². The molecule has 1 heterocycles. The van der Waals surface area contributed by atoms with Crippen LogP contribution in [0.4, 0.5) is 0 Å². The minimum atomic E-state index is -3.29. The molecule has 88 valence electrons. The number of carbonyl (C=O) groups excluding carboxylic acids is 1. The Bertz CT molecular complexity index is 337. The smallest absolute Gasteiger partial charge is 0.237 e. The second kappa shape index (κ2) is 4.49. The Hall–Kier alpha value is -0.620. The highest BCUT2D eigenvalue weighted by molar-refractivity contribution is 7.89. The first kappa shape index (κ1) is 12.4. The summed E-state index contributed by atoms with van der Waals surface area (Å²) < 4.78 is 25.0. The largest absolute Gasteiger partial charge is 0.345 e. The van der Waals surface area contributed by atoms with Crippen molar-refractivity contribution >= 4 is 15.9 Å². The van der Waals surface area contributed by atoms with Gasteiger partial charge in [0.25, 0.3) is 0 Å². The minimum Gasteiger partial charge on any atom is -0.345 e. The van der Waals surface area contributed by atoms with E-state index in [4.69, 9.17) is 0 Å². The first-order valence-corrected chi connectivity index (χ1v) is 6.59. The van der Waals surface area contributed by atoms with Crippen LogP contribution >= 0.6 is 0 Å². The summed E-state index contributed by atoms with van der Waals surface area (Å²) in [5, 5.41) is -0.464. The summed E-state index contributed by atoms with van der Waals surface area (Å²) in [6, 6.07) is 0. The molecule has 0 unspecified atom stereocenters. The molecular weight excluding hydrogens is 216 g/mol. The van der Waals surface area contributed by atoms with E-state index in [9.17, 15) is 13.2 Å². The normalized spacial score (nSPS) is 20.8. The summed E-state index contributed by atoms with van der Waals surface area (Å²) in [6.45, 7) is 4.32. The Morgan fingerprint density at radius 1 is 1.27 bits per heavy atom. The average molecular weight is 234 g/mol. The fourth-order valence-corrected chi connectivity index (χ4v) is 2.75. The maximum Gasteiger partial charge on any atom is 0.237 e. The van der Waals surface area contributed by atoms with Crippen LogP contribution in [0.1, 0.15) is 20.3 Å². The van der Waals surface area contributed by atoms with Crippen LogP contribution in [0, 0.1) is 0 Å². The third kappa shape index (κ3) is 2.69. The topological polar surface area (TPSA) is 57.7 Å². The lowest BCUT2D eigenvalue weighted by Gasteiger charge is -2.21. The maximum absolute atomic E-state index is 11.8. The van der Waals surface area contributed by atoms with Crippen molar-refractivity contribution in [1.82, 2.24) is 9.21 Å². The zero-order valence-electron chi connectivity index (χ0n) is 9.43. The zero-order chi connectivity index (χ0) is 11.6. The van der Waals surface area contributed by atoms with Crippen molar-refractivity contribution in [1.29, 1.82) is 0 Å². The number of hydrogen-bond donors (Lipinski definition) is 0. The fraction of sp³-hybridized carbons (Fsp3) is 0.889. The standard InChI is InChI=1S/C9H18N2O3S/c1-8(2)15(13,14)11-6-4-5-10(3)9(12)7-11/h8H,4-7H2,1-3H3. The molecule has 0 aliphatic carbocycles. The van der Waals surface area contributed by atoms with Crippen molar-refractivity contribution in [2.75, 3.05) is 26.7 Å². The van der Waals surface area contributed by atoms with E-state index in [1.165, 1.54) is 4.31 Å². The predicted octanol–water partition coefficient (Wildman–Crippen LogP) is -0.111. The first-order chi connectivity index (χ1) is 6.85. The third-order valence-electron chi connectivity index (χ3n) is 2.59. The SMILES string of the molecule is CC(C)S(=O)(=O)N1CCCN(C)C(=O)C1. The quantitative estimate of drug-likeness (QED) is 0.670. The summed E-state index contributed by atoms with van der Waals surface area (Å²) in [4.78, 5) is 13.1. The highest BCUT2D eigenvalue weighted by Gasteiger charge is 2.30. The molecule has 1 rings (SSSR count). The molecule has 1 fully saturated rings. The van der Waals surface area contributed by atoms with E-state index in [-0.39, 0.29) is 12.5 Å². The molecule has 6 heteroatoms. The van der Waals surface area contributed by atoms with Crippen molar-refractivity contribution < 1.29 is 13.2 Å². The van der Waals surface area contributed by atoms with Crippen LogP contribution < -0.4 is 0 Å². The Morgan fingerprint density at radius 3 is 2.40 bits per heavy atom. The van der Waals surface area contributed by atoms with E-state index < -0.39 is 15.3 Å². The average Bonchev–Trinajstić information content (AvgIpc) is 2.29. The molecule has 15 heavy (non-hydrogen) atoms. The number of sulfonamides is 1. The van der Waals surface area contributed by atoms with Gasteiger partial charge in [0.1, 0.15) is 0 Å². The Labute approximate surface area is 91.1 Å². The number of carbonyl (C=O) groups is 1. The van der Waals surface area contributed by atoms with Crippen LogP contribution in [-0.4, -0.2) is 55.5 Å². The summed E-state index contributed by atoms with van der Waals surface area (Å²) >= 11 is 0. The number of hydrogen-bond acceptors (Lipinski definition) is 3. The number of rotatable bonds is 2. The number of nitrogens with zero attached hydrogens (tertiary/aromatic N) is 2. The molecule has 0 aromatic carbocycles. The summed E-state index contributed by atoms with van der Waals surface area (Å²) in [5.74, 6) is -0.128. The van der Waals surface area contributed by atoms with Gasteiger partial charge in [-0.15, -0.1) is 0 Å². The van der Waals surface area contributed by atoms with Gasteiger partial charge in [-0.2, -0.15) is 4.31 Å². The lowest BCUT2D eigenvalue weighted by molar-refractivity contribution is -0.129. The van der Waals surface area contributed by atoms with Gasteiger partial charge in [0.15, 0.2) is 0 Å². The molecular formula is C9H18N2O3S. The molecule has 0 bridgehead atoms. The molecule has 1 aliphatic rings. The van der Waals surface area contributed by atoms with Gasteiger partial charge in [0.05, 0.1) is 11.8 Å². The molecule has 1 saturated heterocycles. The summed E-state index contributed by atoms with van der Waals surface area (Å²) in [7, 11) is -1.59. The predicted molar refractivity (Wildman–Crippen MR) is 57.9 cm³/mol. The Morgan fingerprint density at radius 2 is 1.87 bits per heavy atom. The Balaban J connectivity index is 2.84. The molecule has 0 aromatic heterocycles. The molecule has 0 saturated carbocycles. The highest BCUT2D eigenvalue weighted by Crippen LogP contribution is 2.12. The van der Waals surface area contributed by atoms with Crippen molar-refractivity contribution in [3.8, 4) is 0 Å². The van der Waals surface area contributed by atoms with Crippen LogP contribution in [0.15, 0.2) is 0 Å². The van der Waals surface area contributed by atoms with Crippen molar-refractivity contribution in [3.05, 3.63) is 0 Å². The van der Waals surface area contributed by atoms with Gasteiger partial charge in [0, 0.05) is 20.1 Å². The monoisotopic (exact) mass is 234 g/mol. The molecule has 1 amide bonds. The van der Waals surface area contributed by atoms with E-state index in [0.717, 1.165) is 0 Å². The summed E-state index contributed by atoms with van der Waals surface area (Å²) in [5.41, 5.74) is 0. The van der Waals surface area contributed by atoms with Crippen LogP contribution in [0.25, 0.3) is 0 Å². The van der Waals surface area contributed by atoms with Crippen molar-refractivity contribution in [3.63, 3.8) is 0 Å². The second-order valence-electron chi connectivity index (χ2n) is 4.10. The van der Waals surface area contributed by atoms with Gasteiger partial charge in [-0.3, -0.25) is 4.79 Å². The lowest BCUT2D eigenvalue weighted by atomic mass is 10.4. The number of amides is 1. The molecule has 0 N–H and O–H groups in total. The molecule has 0 aromatic rings. The molecule has 5 nitrogen and oxygen atoms in total. The Kier molecular flexibility index (Phi) is 3.72. The van der Waals surface area contributed by atoms with Gasteiger partial charge in [-0.25, -0.2) is 8.42 Å². The van der Waals surface area contributed by atoms with Gasteiger partial charge in [0.2, 0.25) is 15.9 Å². The minimum absolute atomic E-state index is 0.0169. The van der Waals surface area contributed by atoms with Gasteiger partial charge >= 0.3 is 0 Å². The number of likely N-dealkylation sites (N-methyl/N-ethyl adjacent to an activating group) is 1. The van der Waals surface area contributed by atoms with Crippen LogP contribution in [0.2, 0.25) is 0 Å². The van der Waals surface area contributed by atoms with E-state index in [0.29, 0.717) is 19.5 Å². The maximum atomic E-state index is 11.8. The molecule has 0 spiro atoms. The van der Waals surface area contributed by atoms with Crippen molar-refractivity contribution in [2.45, 2.75) is 25.5 Å². The molecule has 0 atom stereocenters. The van der Waals surface area contributed by atoms with Crippen LogP contribution in [0.3, 0.4) is 0 Å². The van der Waals surface area contributed by atoms with E-state index in [1.54, 1.807) is 25.8 Å². The van der Waals surface area contributed by atoms with Gasteiger partial charge in [-0.1, -0.05) is 0 Å². The van der Waals surface area contributed by atoms with E-state index in [1.807, 2.05) is 0 Å². The van der Waals surface area contributed by atoms with Crippen molar-refractivity contribution in [2.24, 2.45) is 0 Å². The molecule has 1 aliphatic heterocycles. The van der Waals surface area contributed by atoms with Gasteiger partial charge < -0.3 is 4.90 Å². The van der Waals surface area contributed by atoms with Crippen LogP contribution in [0.5, 0.6) is 0 Å². The first-order valence-electron chi connectivity index (χ1n) is 5.08. The zero-order valence-corrected chi connectivity index (χ0v) is 10.2.